The third kappa shape index (κ3) is 63.4. The minimum Gasteiger partial charge on any atom is -0.444 e. The summed E-state index contributed by atoms with van der Waals surface area (Å²) in [5, 5.41) is 6.96. The Hall–Kier alpha value is 7.29. The van der Waals surface area contributed by atoms with Crippen LogP contribution in [-0.4, -0.2) is 87.4 Å². The fourth-order valence-corrected chi connectivity index (χ4v) is 153. The van der Waals surface area contributed by atoms with Gasteiger partial charge in [0.25, 0.3) is 23.6 Å². The molecule has 2 saturated heterocycles. The standard InChI is InChI=1S/C19H18N2O4.C13H9BrN2O4.C10H17NO2.S31.S30/c1-2-3-4-5-7-12-8-6-9-13-16(12)19(25)21(18(13)24)14-10-11-15(22)20-17(14)23;14-7-3-1-2-6-10(7)13(20)16(12(6)19)8-4-5-9(17)15-11(8)18;1-5-6-7-8-11-9(12)13-10(2,3)4;1-3-5-7-9-11-13-15-17-19-21-23-25-27-29-31-30-28-26-24-22-20-18-16-14-12-10-8-6-4-2;1-3-5-7-9-11-13-15-17-19-21-23-25-27-29-30-28-26-24-22-20-18-16-14-12-10-8-6-4-2/h6,8-9,14H,2-4,10-11H2,1H3,(H,20,22,23);1-3,8H,4-5H2,(H,15,17,18);1H,6-8H2,2-4H3,(H,11,12);;. The second-order valence-corrected chi connectivity index (χ2v) is 120. The minimum absolute atomic E-state index is 0.105. The molecule has 0 radical (unpaired) electrons. The average Bonchev–Trinajstić information content (AvgIpc) is 1.62. The topological polar surface area (TPSA) is 205 Å². The van der Waals surface area contributed by atoms with Crippen LogP contribution in [0.2, 0.25) is 0 Å². The van der Waals surface area contributed by atoms with E-state index in [0.29, 0.717) is 23.0 Å². The van der Waals surface area contributed by atoms with Gasteiger partial charge in [-0.2, -0.15) is 0 Å². The molecule has 0 aromatic heterocycles. The molecule has 119 heavy (non-hydrogen) atoms. The first-order chi connectivity index (χ1) is 57.8. The quantitative estimate of drug-likeness (QED) is 0.202. The summed E-state index contributed by atoms with van der Waals surface area (Å²) in [4.78, 5) is 109. The SMILES string of the molecule is C#CCCCNC(=O)OC(C)(C)C.CCCCC#Cc1cccc2c1C(=O)N(C1CCC(=O)NC1=O)C2=O.O=C1CCC(N2C(=O)c3cccc(Br)c3C2=O)C(=O)N1.S=S=S=S=S=S=S=S=S=S=S=S=S=S=S=S=S=S=S=S=S=S=S=S=S=S=S=S=S=S.S=S=S=S=S=S=S=S=S=S=S=S=S=S=S=S=S=S=S=S=S=S=S=S=S=S=S=S=S=S=S. The molecule has 3 N–H and O–H groups in total. The second-order valence-electron chi connectivity index (χ2n) is 18.3. The molecule has 670 valence electrons. The van der Waals surface area contributed by atoms with E-state index in [1.807, 2.05) is 261 Å². The lowest BCUT2D eigenvalue weighted by molar-refractivity contribution is -0.137. The first kappa shape index (κ1) is 122. The Morgan fingerprint density at radius 3 is 0.992 bits per heavy atom. The van der Waals surface area contributed by atoms with Crippen LogP contribution in [0.5, 0.6) is 0 Å². The Kier molecular flexibility index (Phi) is 88.1. The molecule has 6 rings (SSSR count). The number of benzene rings is 2. The van der Waals surface area contributed by atoms with E-state index in [4.69, 9.17) is 55.9 Å². The molecule has 2 atom stereocenters. The van der Waals surface area contributed by atoms with Crippen molar-refractivity contribution in [1.82, 2.24) is 25.8 Å². The molecule has 0 saturated carbocycles. The first-order valence-corrected chi connectivity index (χ1v) is 108. The number of rotatable bonds is 7. The van der Waals surface area contributed by atoms with E-state index in [0.717, 1.165) is 35.5 Å². The summed E-state index contributed by atoms with van der Waals surface area (Å²) in [7, 11) is 100. The number of hydrogen-bond donors (Lipinski definition) is 3. The van der Waals surface area contributed by atoms with Gasteiger partial charge in [-0.3, -0.25) is 58.8 Å². The zero-order valence-corrected chi connectivity index (χ0v) is 109. The zero-order valence-electron chi connectivity index (χ0n) is 57.5. The summed E-state index contributed by atoms with van der Waals surface area (Å²) in [5.41, 5.74) is 1.12. The molecule has 15 nitrogen and oxygen atoms in total. The monoisotopic (exact) mass is 2810 g/mol. The lowest BCUT2D eigenvalue weighted by Gasteiger charge is -2.27. The lowest BCUT2D eigenvalue weighted by Crippen LogP contribution is -2.54. The number of alkyl carbamates (subject to hydrolysis) is 1. The van der Waals surface area contributed by atoms with Gasteiger partial charge >= 0.3 is 6.09 Å². The second kappa shape index (κ2) is 85.7. The Morgan fingerprint density at radius 1 is 0.437 bits per heavy atom. The number of hydrogen-bond acceptors (Lipinski definition) is 14. The molecular weight excluding hydrogens is 2770 g/mol. The summed E-state index contributed by atoms with van der Waals surface area (Å²) >= 11 is 22.4. The minimum atomic E-state index is -0.953. The Labute approximate surface area is 876 Å². The summed E-state index contributed by atoms with van der Waals surface area (Å²) in [6.07, 6.45) is 9.38. The smallest absolute Gasteiger partial charge is 0.407 e. The number of imide groups is 4. The largest absolute Gasteiger partial charge is 0.444 e. The Bertz CT molecular complexity index is 7020. The van der Waals surface area contributed by atoms with Crippen molar-refractivity contribution in [1.29, 1.82) is 0 Å². The number of terminal acetylenes is 1. The maximum Gasteiger partial charge on any atom is 0.407 e. The molecule has 0 aliphatic carbocycles. The highest BCUT2D eigenvalue weighted by Gasteiger charge is 2.47. The third-order valence-electron chi connectivity index (χ3n) is 10.5. The maximum atomic E-state index is 12.8. The number of unbranched alkanes of at least 4 members (excludes halogenated alkanes) is 3. The van der Waals surface area contributed by atoms with E-state index in [9.17, 15) is 43.2 Å². The number of carbonyl (C=O) groups excluding carboxylic acids is 9. The van der Waals surface area contributed by atoms with E-state index in [2.05, 4.69) is 56.6 Å². The van der Waals surface area contributed by atoms with Gasteiger partial charge in [-0.15, -0.1) is 12.3 Å². The van der Waals surface area contributed by atoms with Crippen molar-refractivity contribution >= 4 is 620 Å². The van der Waals surface area contributed by atoms with E-state index in [1.165, 1.54) is 35.5 Å². The normalized spacial score (nSPS) is 12.8. The number of halogens is 1. The van der Waals surface area contributed by atoms with Gasteiger partial charge < -0.3 is 10.1 Å². The van der Waals surface area contributed by atoms with Crippen molar-refractivity contribution in [3.8, 4) is 24.2 Å². The van der Waals surface area contributed by atoms with Crippen molar-refractivity contribution in [2.75, 3.05) is 6.54 Å². The van der Waals surface area contributed by atoms with Crippen molar-refractivity contribution in [3.63, 3.8) is 0 Å². The number of ether oxygens (including phenoxy) is 1. The molecule has 77 heteroatoms. The van der Waals surface area contributed by atoms with Gasteiger partial charge in [-0.1, -0.05) is 37.3 Å². The molecule has 0 bridgehead atoms. The number of piperidine rings is 2. The molecule has 4 aliphatic rings. The highest BCUT2D eigenvalue weighted by molar-refractivity contribution is 9.10. The van der Waals surface area contributed by atoms with Crippen LogP contribution in [0, 0.1) is 24.2 Å². The molecule has 2 aromatic rings. The van der Waals surface area contributed by atoms with Crippen LogP contribution in [0.3, 0.4) is 0 Å². The highest BCUT2D eigenvalue weighted by Crippen LogP contribution is 2.33. The predicted molar refractivity (Wildman–Crippen MR) is 662 cm³/mol. The molecular formula is C42H44BrN5O10S61. The number of fused-ring (bicyclic) bond motifs is 2. The maximum absolute atomic E-state index is 12.8. The summed E-state index contributed by atoms with van der Waals surface area (Å²) in [5.74, 6) is 4.47. The van der Waals surface area contributed by atoms with Crippen LogP contribution in [0.1, 0.15) is 132 Å². The summed E-state index contributed by atoms with van der Waals surface area (Å²) in [6, 6.07) is 7.95. The van der Waals surface area contributed by atoms with Gasteiger partial charge in [0.05, 0.1) is 22.3 Å². The van der Waals surface area contributed by atoms with E-state index in [1.54, 1.807) is 267 Å². The third-order valence-corrected chi connectivity index (χ3v) is 133. The van der Waals surface area contributed by atoms with Crippen LogP contribution in [0.4, 0.5) is 4.79 Å². The fraction of sp³-hybridized carbons (Fsp3) is 0.405. The average molecular weight is 2810 g/mol. The van der Waals surface area contributed by atoms with Crippen LogP contribution >= 0.6 is 15.9 Å². The molecule has 4 aliphatic heterocycles. The van der Waals surface area contributed by atoms with Crippen LogP contribution in [0.15, 0.2) is 40.9 Å². The number of nitrogens with one attached hydrogen (secondary N) is 3. The molecule has 9 amide bonds. The van der Waals surface area contributed by atoms with Crippen LogP contribution < -0.4 is 16.0 Å². The lowest BCUT2D eigenvalue weighted by atomic mass is 10.0. The van der Waals surface area contributed by atoms with Crippen LogP contribution in [-0.2, 0) is 575 Å². The van der Waals surface area contributed by atoms with Gasteiger partial charge in [0.2, 0.25) is 23.6 Å². The summed E-state index contributed by atoms with van der Waals surface area (Å²) < 4.78 is 5.53. The Morgan fingerprint density at radius 2 is 0.723 bits per heavy atom. The Balaban J connectivity index is 0.000000516. The van der Waals surface area contributed by atoms with Gasteiger partial charge in [0, 0.05) is 593 Å². The van der Waals surface area contributed by atoms with Crippen molar-refractivity contribution < 1.29 is 47.9 Å². The van der Waals surface area contributed by atoms with Gasteiger partial charge in [-0.25, -0.2) is 4.79 Å². The van der Waals surface area contributed by atoms with Gasteiger partial charge in [-0.05, 0) is 86.6 Å². The molecule has 2 fully saturated rings. The number of nitrogens with zero attached hydrogens (tertiary/aromatic N) is 2. The van der Waals surface area contributed by atoms with Crippen molar-refractivity contribution in [2.45, 2.75) is 103 Å². The number of amides is 9. The van der Waals surface area contributed by atoms with Crippen molar-refractivity contribution in [2.24, 2.45) is 0 Å². The van der Waals surface area contributed by atoms with Gasteiger partial charge in [0.1, 0.15) is 17.7 Å². The van der Waals surface area contributed by atoms with E-state index >= 15 is 0 Å². The molecule has 0 spiro atoms. The van der Waals surface area contributed by atoms with Crippen molar-refractivity contribution in [3.05, 3.63) is 68.7 Å². The first-order valence-electron chi connectivity index (χ1n) is 28.6. The van der Waals surface area contributed by atoms with E-state index < -0.39 is 53.1 Å². The number of carbonyl (C=O) groups is 9. The summed E-state index contributed by atoms with van der Waals surface area (Å²) in [6.45, 7) is 8.12. The predicted octanol–water partition coefficient (Wildman–Crippen LogP) is 4.26. The molecule has 2 unspecified atom stereocenters. The zero-order chi connectivity index (χ0) is 87.0. The highest BCUT2D eigenvalue weighted by atomic mass is 79.9. The van der Waals surface area contributed by atoms with E-state index in [-0.39, 0.29) is 65.8 Å². The van der Waals surface area contributed by atoms with Gasteiger partial charge in [0.15, 0.2) is 0 Å². The van der Waals surface area contributed by atoms with Crippen LogP contribution in [0.25, 0.3) is 0 Å². The molecule has 2 aromatic carbocycles. The molecule has 4 heterocycles. The fourth-order valence-electron chi connectivity index (χ4n) is 6.81.